The van der Waals surface area contributed by atoms with Crippen molar-refractivity contribution in [3.63, 3.8) is 0 Å². The summed E-state index contributed by atoms with van der Waals surface area (Å²) in [5, 5.41) is 3.11. The number of hydrogen-bond acceptors (Lipinski definition) is 2. The summed E-state index contributed by atoms with van der Waals surface area (Å²) in [6.07, 6.45) is -4.56. The number of alkyl halides is 3. The lowest BCUT2D eigenvalue weighted by atomic mass is 10.1. The number of hydrogen-bond donors (Lipinski definition) is 1. The fourth-order valence-corrected chi connectivity index (χ4v) is 2.08. The summed E-state index contributed by atoms with van der Waals surface area (Å²) in [7, 11) is 0. The van der Waals surface area contributed by atoms with Crippen LogP contribution in [0.5, 0.6) is 0 Å². The minimum Gasteiger partial charge on any atom is -0.321 e. The van der Waals surface area contributed by atoms with Crippen molar-refractivity contribution in [1.29, 1.82) is 0 Å². The van der Waals surface area contributed by atoms with Gasteiger partial charge in [0.2, 0.25) is 0 Å². The van der Waals surface area contributed by atoms with Crippen LogP contribution in [-0.2, 0) is 6.18 Å². The molecule has 0 aliphatic heterocycles. The smallest absolute Gasteiger partial charge is 0.321 e. The fraction of sp³-hybridized carbons (Fsp3) is 0.143. The van der Waals surface area contributed by atoms with E-state index >= 15 is 0 Å². The Balaban J connectivity index is 2.29. The van der Waals surface area contributed by atoms with Gasteiger partial charge in [0.05, 0.1) is 22.0 Å². The minimum atomic E-state index is -4.56. The lowest BCUT2D eigenvalue weighted by molar-refractivity contribution is -0.141. The summed E-state index contributed by atoms with van der Waals surface area (Å²) >= 11 is 11.7. The second kappa shape index (κ2) is 6.14. The summed E-state index contributed by atoms with van der Waals surface area (Å²) < 4.78 is 37.6. The van der Waals surface area contributed by atoms with Crippen LogP contribution in [0.1, 0.15) is 21.7 Å². The van der Waals surface area contributed by atoms with Crippen molar-refractivity contribution in [1.82, 2.24) is 4.98 Å². The molecule has 0 bridgehead atoms. The Morgan fingerprint density at radius 1 is 1.18 bits per heavy atom. The van der Waals surface area contributed by atoms with Gasteiger partial charge < -0.3 is 5.32 Å². The molecular weight excluding hydrogens is 340 g/mol. The highest BCUT2D eigenvalue weighted by Gasteiger charge is 2.33. The first-order chi connectivity index (χ1) is 10.2. The molecule has 2 aromatic rings. The van der Waals surface area contributed by atoms with Gasteiger partial charge in [-0.05, 0) is 37.3 Å². The van der Waals surface area contributed by atoms with Crippen molar-refractivity contribution >= 4 is 34.8 Å². The van der Waals surface area contributed by atoms with Crippen molar-refractivity contribution < 1.29 is 18.0 Å². The lowest BCUT2D eigenvalue weighted by Crippen LogP contribution is -2.16. The molecule has 0 unspecified atom stereocenters. The average Bonchev–Trinajstić information content (AvgIpc) is 2.41. The molecule has 22 heavy (non-hydrogen) atoms. The molecular formula is C14H9Cl2F3N2O. The number of benzene rings is 1. The third kappa shape index (κ3) is 3.69. The van der Waals surface area contributed by atoms with Gasteiger partial charge in [-0.1, -0.05) is 23.2 Å². The van der Waals surface area contributed by atoms with E-state index in [2.05, 4.69) is 10.3 Å². The number of rotatable bonds is 2. The zero-order valence-electron chi connectivity index (χ0n) is 11.1. The molecule has 0 saturated carbocycles. The average molecular weight is 349 g/mol. The number of amides is 1. The van der Waals surface area contributed by atoms with Crippen LogP contribution >= 0.6 is 23.2 Å². The van der Waals surface area contributed by atoms with Gasteiger partial charge in [-0.25, -0.2) is 4.98 Å². The van der Waals surface area contributed by atoms with E-state index in [4.69, 9.17) is 23.2 Å². The molecule has 0 aliphatic carbocycles. The second-order valence-electron chi connectivity index (χ2n) is 4.41. The number of halogens is 5. The SMILES string of the molecule is Cc1nc(C(F)(F)F)ccc1C(=O)Nc1cc(Cl)ccc1Cl. The van der Waals surface area contributed by atoms with Crippen LogP contribution in [0.2, 0.25) is 10.0 Å². The highest BCUT2D eigenvalue weighted by molar-refractivity contribution is 6.35. The first-order valence-electron chi connectivity index (χ1n) is 5.99. The van der Waals surface area contributed by atoms with Gasteiger partial charge in [0.15, 0.2) is 0 Å². The van der Waals surface area contributed by atoms with Crippen LogP contribution in [0.3, 0.4) is 0 Å². The molecule has 3 nitrogen and oxygen atoms in total. The summed E-state index contributed by atoms with van der Waals surface area (Å²) in [5.74, 6) is -0.622. The molecule has 1 amide bonds. The van der Waals surface area contributed by atoms with Gasteiger partial charge in [0.25, 0.3) is 5.91 Å². The Morgan fingerprint density at radius 3 is 2.45 bits per heavy atom. The molecule has 0 fully saturated rings. The van der Waals surface area contributed by atoms with E-state index in [1.807, 2.05) is 0 Å². The minimum absolute atomic E-state index is 0.0176. The molecule has 1 aromatic heterocycles. The molecule has 1 heterocycles. The monoisotopic (exact) mass is 348 g/mol. The molecule has 0 aliphatic rings. The number of carbonyl (C=O) groups is 1. The number of aromatic nitrogens is 1. The Labute approximate surface area is 134 Å². The Morgan fingerprint density at radius 2 is 1.86 bits per heavy atom. The summed E-state index contributed by atoms with van der Waals surface area (Å²) in [6.45, 7) is 1.32. The standard InChI is InChI=1S/C14H9Cl2F3N2O/c1-7-9(3-5-12(20-7)14(17,18)19)13(22)21-11-6-8(15)2-4-10(11)16/h2-6H,1H3,(H,21,22). The highest BCUT2D eigenvalue weighted by Crippen LogP contribution is 2.29. The molecule has 8 heteroatoms. The molecule has 116 valence electrons. The number of pyridine rings is 1. The first-order valence-corrected chi connectivity index (χ1v) is 6.75. The third-order valence-corrected chi connectivity index (χ3v) is 3.36. The van der Waals surface area contributed by atoms with Crippen LogP contribution in [0.25, 0.3) is 0 Å². The third-order valence-electron chi connectivity index (χ3n) is 2.80. The van der Waals surface area contributed by atoms with Crippen molar-refractivity contribution in [2.45, 2.75) is 13.1 Å². The molecule has 0 radical (unpaired) electrons. The van der Waals surface area contributed by atoms with E-state index in [1.54, 1.807) is 6.07 Å². The molecule has 2 rings (SSSR count). The number of carbonyl (C=O) groups excluding carboxylic acids is 1. The summed E-state index contributed by atoms with van der Waals surface area (Å²) in [5.41, 5.74) is -0.810. The Bertz CT molecular complexity index is 733. The van der Waals surface area contributed by atoms with Crippen LogP contribution in [0.15, 0.2) is 30.3 Å². The van der Waals surface area contributed by atoms with Gasteiger partial charge in [-0.2, -0.15) is 13.2 Å². The van der Waals surface area contributed by atoms with E-state index < -0.39 is 17.8 Å². The van der Waals surface area contributed by atoms with Gasteiger partial charge in [-0.3, -0.25) is 4.79 Å². The van der Waals surface area contributed by atoms with E-state index in [0.29, 0.717) is 5.02 Å². The topological polar surface area (TPSA) is 42.0 Å². The highest BCUT2D eigenvalue weighted by atomic mass is 35.5. The number of nitrogens with one attached hydrogen (secondary N) is 1. The zero-order valence-corrected chi connectivity index (χ0v) is 12.6. The number of anilines is 1. The molecule has 0 saturated heterocycles. The zero-order chi connectivity index (χ0) is 16.5. The molecule has 0 atom stereocenters. The van der Waals surface area contributed by atoms with E-state index in [0.717, 1.165) is 12.1 Å². The Hall–Kier alpha value is -1.79. The van der Waals surface area contributed by atoms with Gasteiger partial charge in [-0.15, -0.1) is 0 Å². The van der Waals surface area contributed by atoms with Crippen LogP contribution in [0.4, 0.5) is 18.9 Å². The van der Waals surface area contributed by atoms with Gasteiger partial charge in [0, 0.05) is 5.02 Å². The second-order valence-corrected chi connectivity index (χ2v) is 5.25. The van der Waals surface area contributed by atoms with Crippen LogP contribution < -0.4 is 5.32 Å². The molecule has 1 N–H and O–H groups in total. The van der Waals surface area contributed by atoms with Crippen LogP contribution in [-0.4, -0.2) is 10.9 Å². The van der Waals surface area contributed by atoms with Gasteiger partial charge >= 0.3 is 6.18 Å². The fourth-order valence-electron chi connectivity index (χ4n) is 1.74. The predicted molar refractivity (Wildman–Crippen MR) is 78.4 cm³/mol. The largest absolute Gasteiger partial charge is 0.433 e. The maximum Gasteiger partial charge on any atom is 0.433 e. The first kappa shape index (κ1) is 16.6. The lowest BCUT2D eigenvalue weighted by Gasteiger charge is -2.11. The maximum atomic E-state index is 12.5. The van der Waals surface area contributed by atoms with E-state index in [1.165, 1.54) is 19.1 Å². The van der Waals surface area contributed by atoms with Crippen molar-refractivity contribution in [3.8, 4) is 0 Å². The van der Waals surface area contributed by atoms with Crippen molar-refractivity contribution in [2.24, 2.45) is 0 Å². The molecule has 0 spiro atoms. The molecule has 1 aromatic carbocycles. The van der Waals surface area contributed by atoms with E-state index in [-0.39, 0.29) is 22.0 Å². The van der Waals surface area contributed by atoms with Gasteiger partial charge in [0.1, 0.15) is 5.69 Å². The van der Waals surface area contributed by atoms with Crippen molar-refractivity contribution in [3.05, 3.63) is 57.3 Å². The number of aryl methyl sites for hydroxylation is 1. The number of nitrogens with zero attached hydrogens (tertiary/aromatic N) is 1. The van der Waals surface area contributed by atoms with E-state index in [9.17, 15) is 18.0 Å². The maximum absolute atomic E-state index is 12.5. The Kier molecular flexibility index (Phi) is 4.63. The summed E-state index contributed by atoms with van der Waals surface area (Å²) in [4.78, 5) is 15.5. The quantitative estimate of drug-likeness (QED) is 0.832. The predicted octanol–water partition coefficient (Wildman–Crippen LogP) is 4.97. The van der Waals surface area contributed by atoms with Crippen molar-refractivity contribution in [2.75, 3.05) is 5.32 Å². The summed E-state index contributed by atoms with van der Waals surface area (Å²) in [6, 6.07) is 6.30. The normalized spacial score (nSPS) is 11.4. The van der Waals surface area contributed by atoms with Crippen LogP contribution in [0, 0.1) is 6.92 Å².